The molecule has 4 nitrogen and oxygen atoms in total. The maximum atomic E-state index is 10.8. The second-order valence-corrected chi connectivity index (χ2v) is 2.39. The summed E-state index contributed by atoms with van der Waals surface area (Å²) in [6.45, 7) is 3.59. The highest BCUT2D eigenvalue weighted by molar-refractivity contribution is 5.69. The Morgan fingerprint density at radius 2 is 2.60 bits per heavy atom. The first-order valence-corrected chi connectivity index (χ1v) is 3.39. The Hall–Kier alpha value is -0.770. The van der Waals surface area contributed by atoms with Gasteiger partial charge in [0, 0.05) is 12.6 Å². The third-order valence-corrected chi connectivity index (χ3v) is 1.67. The van der Waals surface area contributed by atoms with Crippen LogP contribution in [-0.2, 0) is 4.74 Å². The summed E-state index contributed by atoms with van der Waals surface area (Å²) in [6.07, 6.45) is -0.238. The van der Waals surface area contributed by atoms with Gasteiger partial charge in [-0.05, 0) is 6.92 Å². The predicted molar refractivity (Wildman–Crippen MR) is 36.6 cm³/mol. The van der Waals surface area contributed by atoms with Gasteiger partial charge in [0.1, 0.15) is 6.61 Å². The van der Waals surface area contributed by atoms with Crippen LogP contribution < -0.4 is 5.73 Å². The van der Waals surface area contributed by atoms with Crippen molar-refractivity contribution in [3.05, 3.63) is 0 Å². The van der Waals surface area contributed by atoms with E-state index in [1.165, 1.54) is 0 Å². The summed E-state index contributed by atoms with van der Waals surface area (Å²) >= 11 is 0. The van der Waals surface area contributed by atoms with Crippen molar-refractivity contribution < 1.29 is 9.53 Å². The summed E-state index contributed by atoms with van der Waals surface area (Å²) in [7, 11) is 0. The minimum Gasteiger partial charge on any atom is -0.448 e. The van der Waals surface area contributed by atoms with E-state index < -0.39 is 0 Å². The molecule has 1 saturated heterocycles. The molecule has 0 aromatic carbocycles. The number of cyclic esters (lactones) is 1. The van der Waals surface area contributed by atoms with Gasteiger partial charge in [0.05, 0.1) is 6.54 Å². The zero-order valence-corrected chi connectivity index (χ0v) is 6.04. The van der Waals surface area contributed by atoms with Gasteiger partial charge in [0.25, 0.3) is 0 Å². The molecule has 0 bridgehead atoms. The average molecular weight is 144 g/mol. The molecule has 1 heterocycles. The van der Waals surface area contributed by atoms with Crippen LogP contribution >= 0.6 is 0 Å². The lowest BCUT2D eigenvalue weighted by Gasteiger charge is -2.19. The lowest BCUT2D eigenvalue weighted by Crippen LogP contribution is -2.38. The summed E-state index contributed by atoms with van der Waals surface area (Å²) in [5, 5.41) is 0. The maximum Gasteiger partial charge on any atom is 0.410 e. The smallest absolute Gasteiger partial charge is 0.410 e. The lowest BCUT2D eigenvalue weighted by molar-refractivity contribution is 0.151. The van der Waals surface area contributed by atoms with Gasteiger partial charge in [-0.25, -0.2) is 4.79 Å². The molecule has 4 heteroatoms. The zero-order chi connectivity index (χ0) is 7.56. The fourth-order valence-electron chi connectivity index (χ4n) is 0.933. The zero-order valence-electron chi connectivity index (χ0n) is 6.04. The van der Waals surface area contributed by atoms with E-state index in [2.05, 4.69) is 0 Å². The summed E-state index contributed by atoms with van der Waals surface area (Å²) in [6, 6.07) is 0.106. The van der Waals surface area contributed by atoms with E-state index in [0.29, 0.717) is 19.7 Å². The van der Waals surface area contributed by atoms with Crippen molar-refractivity contribution in [2.24, 2.45) is 5.73 Å². The van der Waals surface area contributed by atoms with Crippen molar-refractivity contribution in [1.82, 2.24) is 4.90 Å². The van der Waals surface area contributed by atoms with Crippen LogP contribution in [0.1, 0.15) is 6.92 Å². The fraction of sp³-hybridized carbons (Fsp3) is 0.833. The van der Waals surface area contributed by atoms with Crippen LogP contribution in [0.3, 0.4) is 0 Å². The van der Waals surface area contributed by atoms with Crippen LogP contribution in [0.15, 0.2) is 0 Å². The van der Waals surface area contributed by atoms with Crippen LogP contribution in [0.25, 0.3) is 0 Å². The molecule has 1 rings (SSSR count). The highest BCUT2D eigenvalue weighted by Gasteiger charge is 2.25. The number of hydrogen-bond acceptors (Lipinski definition) is 3. The molecular formula is C6H12N2O2. The monoisotopic (exact) mass is 144 g/mol. The standard InChI is InChI=1S/C6H12N2O2/c1-5(4-7)8-2-3-10-6(8)9/h5H,2-4,7H2,1H3. The minimum atomic E-state index is -0.238. The molecule has 0 saturated carbocycles. The van der Waals surface area contributed by atoms with Crippen LogP contribution in [-0.4, -0.2) is 36.7 Å². The van der Waals surface area contributed by atoms with Crippen molar-refractivity contribution in [2.45, 2.75) is 13.0 Å². The molecule has 10 heavy (non-hydrogen) atoms. The Kier molecular flexibility index (Phi) is 2.11. The number of carbonyl (C=O) groups excluding carboxylic acids is 1. The average Bonchev–Trinajstić information content (AvgIpc) is 2.34. The first-order chi connectivity index (χ1) is 4.75. The molecule has 2 N–H and O–H groups in total. The highest BCUT2D eigenvalue weighted by Crippen LogP contribution is 2.06. The molecule has 0 aliphatic carbocycles. The molecule has 1 atom stereocenters. The Labute approximate surface area is 59.9 Å². The lowest BCUT2D eigenvalue weighted by atomic mass is 10.3. The number of hydrogen-bond donors (Lipinski definition) is 1. The molecule has 58 valence electrons. The third-order valence-electron chi connectivity index (χ3n) is 1.67. The third kappa shape index (κ3) is 1.21. The van der Waals surface area contributed by atoms with Crippen LogP contribution in [0.4, 0.5) is 4.79 Å². The number of carbonyl (C=O) groups is 1. The van der Waals surface area contributed by atoms with Crippen molar-refractivity contribution in [1.29, 1.82) is 0 Å². The molecule has 0 aromatic heterocycles. The number of rotatable bonds is 2. The SMILES string of the molecule is CC(CN)N1CCOC1=O. The van der Waals surface area contributed by atoms with Gasteiger partial charge in [-0.1, -0.05) is 0 Å². The van der Waals surface area contributed by atoms with E-state index in [4.69, 9.17) is 10.5 Å². The summed E-state index contributed by atoms with van der Waals surface area (Å²) in [5.74, 6) is 0. The van der Waals surface area contributed by atoms with E-state index in [-0.39, 0.29) is 12.1 Å². The van der Waals surface area contributed by atoms with E-state index in [1.54, 1.807) is 4.90 Å². The Morgan fingerprint density at radius 3 is 3.00 bits per heavy atom. The van der Waals surface area contributed by atoms with Crippen LogP contribution in [0.2, 0.25) is 0 Å². The molecule has 0 spiro atoms. The quantitative estimate of drug-likeness (QED) is 0.583. The first kappa shape index (κ1) is 7.34. The van der Waals surface area contributed by atoms with Gasteiger partial charge < -0.3 is 15.4 Å². The van der Waals surface area contributed by atoms with E-state index in [1.807, 2.05) is 6.92 Å². The van der Waals surface area contributed by atoms with E-state index in [0.717, 1.165) is 0 Å². The van der Waals surface area contributed by atoms with Crippen molar-refractivity contribution >= 4 is 6.09 Å². The predicted octanol–water partition coefficient (Wildman–Crippen LogP) is -0.214. The van der Waals surface area contributed by atoms with Crippen LogP contribution in [0, 0.1) is 0 Å². The Bertz CT molecular complexity index is 138. The second kappa shape index (κ2) is 2.88. The van der Waals surface area contributed by atoms with E-state index >= 15 is 0 Å². The van der Waals surface area contributed by atoms with Gasteiger partial charge in [-0.3, -0.25) is 0 Å². The molecule has 0 radical (unpaired) electrons. The molecule has 1 fully saturated rings. The van der Waals surface area contributed by atoms with Gasteiger partial charge in [-0.15, -0.1) is 0 Å². The molecule has 0 aromatic rings. The second-order valence-electron chi connectivity index (χ2n) is 2.39. The van der Waals surface area contributed by atoms with Gasteiger partial charge in [0.2, 0.25) is 0 Å². The fourth-order valence-corrected chi connectivity index (χ4v) is 0.933. The minimum absolute atomic E-state index is 0.106. The largest absolute Gasteiger partial charge is 0.448 e. The van der Waals surface area contributed by atoms with E-state index in [9.17, 15) is 4.79 Å². The van der Waals surface area contributed by atoms with Gasteiger partial charge in [-0.2, -0.15) is 0 Å². The topological polar surface area (TPSA) is 55.6 Å². The normalized spacial score (nSPS) is 21.0. The molecule has 1 aliphatic rings. The number of ether oxygens (including phenoxy) is 1. The molecule has 1 unspecified atom stereocenters. The molecule has 1 aliphatic heterocycles. The molecular weight excluding hydrogens is 132 g/mol. The first-order valence-electron chi connectivity index (χ1n) is 3.39. The number of nitrogens with two attached hydrogens (primary N) is 1. The number of nitrogens with zero attached hydrogens (tertiary/aromatic N) is 1. The maximum absolute atomic E-state index is 10.8. The highest BCUT2D eigenvalue weighted by atomic mass is 16.6. The summed E-state index contributed by atoms with van der Waals surface area (Å²) < 4.78 is 4.72. The van der Waals surface area contributed by atoms with Gasteiger partial charge in [0.15, 0.2) is 0 Å². The van der Waals surface area contributed by atoms with Gasteiger partial charge >= 0.3 is 6.09 Å². The van der Waals surface area contributed by atoms with Crippen LogP contribution in [0.5, 0.6) is 0 Å². The molecule has 1 amide bonds. The Morgan fingerprint density at radius 1 is 1.90 bits per heavy atom. The summed E-state index contributed by atoms with van der Waals surface area (Å²) in [5.41, 5.74) is 5.36. The van der Waals surface area contributed by atoms with Crippen molar-refractivity contribution in [3.63, 3.8) is 0 Å². The summed E-state index contributed by atoms with van der Waals surface area (Å²) in [4.78, 5) is 12.5. The Balaban J connectivity index is 2.46. The number of amides is 1. The van der Waals surface area contributed by atoms with Crippen molar-refractivity contribution in [3.8, 4) is 0 Å². The van der Waals surface area contributed by atoms with Crippen molar-refractivity contribution in [2.75, 3.05) is 19.7 Å².